The van der Waals surface area contributed by atoms with Gasteiger partial charge in [-0.15, -0.1) is 0 Å². The highest BCUT2D eigenvalue weighted by Crippen LogP contribution is 2.21. The van der Waals surface area contributed by atoms with Crippen LogP contribution in [-0.4, -0.2) is 0 Å². The summed E-state index contributed by atoms with van der Waals surface area (Å²) in [5.74, 6) is 0. The average molecular weight is 192 g/mol. The number of hydrogen-bond acceptors (Lipinski definition) is 0. The second kappa shape index (κ2) is 8.80. The van der Waals surface area contributed by atoms with Gasteiger partial charge in [0.25, 0.3) is 0 Å². The standard InChI is InChI=1S/C10H16.C4H8/c1-3-9-5-7-10(4-2)8-6-9;1-3-4-2/h5,7H,3-4,6,8H2,1-2H3;3-4H,1-2H3/b;4-3-. The van der Waals surface area contributed by atoms with Crippen molar-refractivity contribution in [2.45, 2.75) is 53.4 Å². The Hall–Kier alpha value is -0.780. The first kappa shape index (κ1) is 13.2. The summed E-state index contributed by atoms with van der Waals surface area (Å²) < 4.78 is 0. The van der Waals surface area contributed by atoms with Crippen molar-refractivity contribution in [2.24, 2.45) is 0 Å². The van der Waals surface area contributed by atoms with E-state index in [4.69, 9.17) is 0 Å². The first-order valence-electron chi connectivity index (χ1n) is 5.73. The maximum absolute atomic E-state index is 2.29. The van der Waals surface area contributed by atoms with Crippen LogP contribution in [0.3, 0.4) is 0 Å². The molecule has 0 saturated carbocycles. The molecule has 0 N–H and O–H groups in total. The van der Waals surface area contributed by atoms with Crippen molar-refractivity contribution in [1.82, 2.24) is 0 Å². The zero-order chi connectivity index (χ0) is 10.8. The number of allylic oxidation sites excluding steroid dienone is 6. The van der Waals surface area contributed by atoms with Crippen molar-refractivity contribution in [2.75, 3.05) is 0 Å². The second-order valence-electron chi connectivity index (χ2n) is 3.52. The molecule has 1 aliphatic carbocycles. The van der Waals surface area contributed by atoms with Crippen molar-refractivity contribution in [3.05, 3.63) is 35.5 Å². The fourth-order valence-electron chi connectivity index (χ4n) is 1.31. The zero-order valence-electron chi connectivity index (χ0n) is 10.1. The van der Waals surface area contributed by atoms with Crippen LogP contribution in [0, 0.1) is 0 Å². The minimum absolute atomic E-state index is 1.23. The summed E-state index contributed by atoms with van der Waals surface area (Å²) in [6.45, 7) is 8.47. The molecule has 0 heterocycles. The Balaban J connectivity index is 0.000000364. The number of hydrogen-bond donors (Lipinski definition) is 0. The zero-order valence-corrected chi connectivity index (χ0v) is 10.1. The van der Waals surface area contributed by atoms with Gasteiger partial charge >= 0.3 is 0 Å². The van der Waals surface area contributed by atoms with Crippen molar-refractivity contribution in [3.8, 4) is 0 Å². The maximum atomic E-state index is 2.29. The summed E-state index contributed by atoms with van der Waals surface area (Å²) in [5, 5.41) is 0. The van der Waals surface area contributed by atoms with Crippen molar-refractivity contribution in [1.29, 1.82) is 0 Å². The Morgan fingerprint density at radius 1 is 0.929 bits per heavy atom. The normalized spacial score (nSPS) is 15.7. The van der Waals surface area contributed by atoms with Gasteiger partial charge in [0, 0.05) is 0 Å². The molecule has 0 heteroatoms. The molecule has 0 aliphatic heterocycles. The van der Waals surface area contributed by atoms with Crippen LogP contribution < -0.4 is 0 Å². The predicted molar refractivity (Wildman–Crippen MR) is 66.5 cm³/mol. The fraction of sp³-hybridized carbons (Fsp3) is 0.571. The Bertz CT molecular complexity index is 192. The van der Waals surface area contributed by atoms with Gasteiger partial charge in [-0.2, -0.15) is 0 Å². The van der Waals surface area contributed by atoms with Gasteiger partial charge in [-0.25, -0.2) is 0 Å². The molecule has 0 nitrogen and oxygen atoms in total. The predicted octanol–water partition coefficient (Wildman–Crippen LogP) is 5.04. The van der Waals surface area contributed by atoms with Crippen LogP contribution in [0.15, 0.2) is 35.5 Å². The van der Waals surface area contributed by atoms with E-state index in [-0.39, 0.29) is 0 Å². The number of rotatable bonds is 2. The summed E-state index contributed by atoms with van der Waals surface area (Å²) in [6.07, 6.45) is 13.7. The highest BCUT2D eigenvalue weighted by molar-refractivity contribution is 5.23. The summed E-state index contributed by atoms with van der Waals surface area (Å²) in [5.41, 5.74) is 3.22. The van der Waals surface area contributed by atoms with E-state index in [9.17, 15) is 0 Å². The van der Waals surface area contributed by atoms with E-state index in [0.717, 1.165) is 0 Å². The quantitative estimate of drug-likeness (QED) is 0.538. The SMILES string of the molecule is C/C=C\C.CCC1=CC=C(CC)CC1. The summed E-state index contributed by atoms with van der Waals surface area (Å²) in [4.78, 5) is 0. The largest absolute Gasteiger partial charge is 0.0919 e. The van der Waals surface area contributed by atoms with Crippen LogP contribution in [0.5, 0.6) is 0 Å². The molecule has 0 fully saturated rings. The lowest BCUT2D eigenvalue weighted by Crippen LogP contribution is -1.91. The Kier molecular flexibility index (Phi) is 8.31. The minimum atomic E-state index is 1.23. The highest BCUT2D eigenvalue weighted by Gasteiger charge is 2.01. The van der Waals surface area contributed by atoms with Gasteiger partial charge in [-0.3, -0.25) is 0 Å². The maximum Gasteiger partial charge on any atom is -0.0280 e. The van der Waals surface area contributed by atoms with E-state index in [1.54, 1.807) is 11.1 Å². The van der Waals surface area contributed by atoms with E-state index in [2.05, 4.69) is 26.0 Å². The van der Waals surface area contributed by atoms with E-state index in [1.165, 1.54) is 25.7 Å². The van der Waals surface area contributed by atoms with Crippen LogP contribution in [0.2, 0.25) is 0 Å². The van der Waals surface area contributed by atoms with Crippen LogP contribution in [0.4, 0.5) is 0 Å². The third-order valence-electron chi connectivity index (χ3n) is 2.56. The third-order valence-corrected chi connectivity index (χ3v) is 2.56. The van der Waals surface area contributed by atoms with Gasteiger partial charge in [-0.1, -0.05) is 49.3 Å². The molecule has 0 radical (unpaired) electrons. The lowest BCUT2D eigenvalue weighted by atomic mass is 9.96. The van der Waals surface area contributed by atoms with Crippen LogP contribution in [-0.2, 0) is 0 Å². The molecule has 0 atom stereocenters. The van der Waals surface area contributed by atoms with Crippen LogP contribution in [0.25, 0.3) is 0 Å². The first-order chi connectivity index (χ1) is 6.78. The molecular formula is C14H24. The topological polar surface area (TPSA) is 0 Å². The molecule has 0 saturated heterocycles. The molecule has 0 aromatic rings. The second-order valence-corrected chi connectivity index (χ2v) is 3.52. The average Bonchev–Trinajstić information content (AvgIpc) is 2.29. The van der Waals surface area contributed by atoms with Crippen molar-refractivity contribution >= 4 is 0 Å². The summed E-state index contributed by atoms with van der Waals surface area (Å²) >= 11 is 0. The minimum Gasteiger partial charge on any atom is -0.0919 e. The molecule has 0 bridgehead atoms. The Labute approximate surface area is 89.4 Å². The van der Waals surface area contributed by atoms with Crippen molar-refractivity contribution < 1.29 is 0 Å². The molecule has 0 spiro atoms. The lowest BCUT2D eigenvalue weighted by Gasteiger charge is -2.11. The third kappa shape index (κ3) is 5.80. The van der Waals surface area contributed by atoms with Gasteiger partial charge in [0.15, 0.2) is 0 Å². The van der Waals surface area contributed by atoms with Gasteiger partial charge in [-0.05, 0) is 39.5 Å². The molecule has 1 aliphatic rings. The lowest BCUT2D eigenvalue weighted by molar-refractivity contribution is 0.824. The Morgan fingerprint density at radius 2 is 1.29 bits per heavy atom. The van der Waals surface area contributed by atoms with Crippen molar-refractivity contribution in [3.63, 3.8) is 0 Å². The van der Waals surface area contributed by atoms with Crippen LogP contribution in [0.1, 0.15) is 53.4 Å². The van der Waals surface area contributed by atoms with E-state index in [0.29, 0.717) is 0 Å². The van der Waals surface area contributed by atoms with E-state index >= 15 is 0 Å². The summed E-state index contributed by atoms with van der Waals surface area (Å²) in [7, 11) is 0. The smallest absolute Gasteiger partial charge is 0.0280 e. The van der Waals surface area contributed by atoms with Gasteiger partial charge in [0.1, 0.15) is 0 Å². The molecule has 1 rings (SSSR count). The molecular weight excluding hydrogens is 168 g/mol. The first-order valence-corrected chi connectivity index (χ1v) is 5.73. The van der Waals surface area contributed by atoms with E-state index < -0.39 is 0 Å². The van der Waals surface area contributed by atoms with Crippen LogP contribution >= 0.6 is 0 Å². The van der Waals surface area contributed by atoms with Gasteiger partial charge in [0.05, 0.1) is 0 Å². The van der Waals surface area contributed by atoms with Gasteiger partial charge in [0.2, 0.25) is 0 Å². The monoisotopic (exact) mass is 192 g/mol. The Morgan fingerprint density at radius 3 is 1.43 bits per heavy atom. The van der Waals surface area contributed by atoms with E-state index in [1.807, 2.05) is 26.0 Å². The molecule has 0 aromatic heterocycles. The molecule has 0 unspecified atom stereocenters. The highest BCUT2D eigenvalue weighted by atomic mass is 14.1. The fourth-order valence-corrected chi connectivity index (χ4v) is 1.31. The molecule has 80 valence electrons. The molecule has 14 heavy (non-hydrogen) atoms. The molecule has 0 amide bonds. The van der Waals surface area contributed by atoms with Gasteiger partial charge < -0.3 is 0 Å². The summed E-state index contributed by atoms with van der Waals surface area (Å²) in [6, 6.07) is 0. The molecule has 0 aromatic carbocycles.